The van der Waals surface area contributed by atoms with E-state index in [1.165, 1.54) is 0 Å². The van der Waals surface area contributed by atoms with Crippen molar-refractivity contribution < 1.29 is 4.79 Å². The number of carbonyl (C=O) groups is 1. The Balaban J connectivity index is 2.42. The van der Waals surface area contributed by atoms with Gasteiger partial charge in [0.2, 0.25) is 5.91 Å². The van der Waals surface area contributed by atoms with E-state index in [9.17, 15) is 4.79 Å². The van der Waals surface area contributed by atoms with Gasteiger partial charge in [-0.25, -0.2) is 0 Å². The Kier molecular flexibility index (Phi) is 5.65. The number of nitrogens with one attached hydrogen (secondary N) is 1. The SMILES string of the molecule is Cc1cc(NC(=O)CCCC(C)N)ccc1Br. The number of carbonyl (C=O) groups excluding carboxylic acids is 1. The van der Waals surface area contributed by atoms with Gasteiger partial charge < -0.3 is 11.1 Å². The number of halogens is 1. The molecule has 94 valence electrons. The van der Waals surface area contributed by atoms with Crippen molar-refractivity contribution in [1.29, 1.82) is 0 Å². The molecule has 0 saturated heterocycles. The second-order valence-electron chi connectivity index (χ2n) is 4.38. The van der Waals surface area contributed by atoms with Gasteiger partial charge in [0.25, 0.3) is 0 Å². The summed E-state index contributed by atoms with van der Waals surface area (Å²) in [5.41, 5.74) is 7.58. The van der Waals surface area contributed by atoms with Gasteiger partial charge in [-0.1, -0.05) is 15.9 Å². The van der Waals surface area contributed by atoms with Crippen LogP contribution < -0.4 is 11.1 Å². The first kappa shape index (κ1) is 14.2. The molecule has 0 aliphatic heterocycles. The summed E-state index contributed by atoms with van der Waals surface area (Å²) in [4.78, 5) is 11.6. The normalized spacial score (nSPS) is 12.2. The van der Waals surface area contributed by atoms with Crippen LogP contribution in [0.5, 0.6) is 0 Å². The Labute approximate surface area is 111 Å². The zero-order valence-corrected chi connectivity index (χ0v) is 11.9. The molecule has 0 spiro atoms. The molecule has 4 heteroatoms. The predicted octanol–water partition coefficient (Wildman–Crippen LogP) is 3.21. The maximum Gasteiger partial charge on any atom is 0.224 e. The van der Waals surface area contributed by atoms with Crippen molar-refractivity contribution in [3.8, 4) is 0 Å². The number of hydrogen-bond donors (Lipinski definition) is 2. The third-order valence-electron chi connectivity index (χ3n) is 2.51. The number of nitrogens with two attached hydrogens (primary N) is 1. The van der Waals surface area contributed by atoms with Crippen LogP contribution >= 0.6 is 15.9 Å². The van der Waals surface area contributed by atoms with Crippen molar-refractivity contribution in [2.45, 2.75) is 39.2 Å². The lowest BCUT2D eigenvalue weighted by atomic mass is 10.1. The third-order valence-corrected chi connectivity index (χ3v) is 3.39. The van der Waals surface area contributed by atoms with E-state index in [-0.39, 0.29) is 11.9 Å². The van der Waals surface area contributed by atoms with Crippen LogP contribution in [0.4, 0.5) is 5.69 Å². The van der Waals surface area contributed by atoms with E-state index in [4.69, 9.17) is 5.73 Å². The van der Waals surface area contributed by atoms with Gasteiger partial charge in [-0.15, -0.1) is 0 Å². The first-order valence-corrected chi connectivity index (χ1v) is 6.60. The van der Waals surface area contributed by atoms with Crippen molar-refractivity contribution >= 4 is 27.5 Å². The quantitative estimate of drug-likeness (QED) is 0.877. The number of benzene rings is 1. The van der Waals surface area contributed by atoms with E-state index < -0.39 is 0 Å². The average Bonchev–Trinajstić information content (AvgIpc) is 2.23. The molecule has 0 bridgehead atoms. The van der Waals surface area contributed by atoms with Crippen LogP contribution in [0.2, 0.25) is 0 Å². The molecule has 0 heterocycles. The van der Waals surface area contributed by atoms with E-state index in [2.05, 4.69) is 21.2 Å². The molecule has 0 aliphatic carbocycles. The van der Waals surface area contributed by atoms with Crippen LogP contribution in [0.25, 0.3) is 0 Å². The van der Waals surface area contributed by atoms with Crippen molar-refractivity contribution in [3.05, 3.63) is 28.2 Å². The molecule has 17 heavy (non-hydrogen) atoms. The largest absolute Gasteiger partial charge is 0.328 e. The van der Waals surface area contributed by atoms with Gasteiger partial charge in [0.15, 0.2) is 0 Å². The fourth-order valence-electron chi connectivity index (χ4n) is 1.53. The molecule has 0 aromatic heterocycles. The zero-order valence-electron chi connectivity index (χ0n) is 10.3. The highest BCUT2D eigenvalue weighted by Crippen LogP contribution is 2.20. The summed E-state index contributed by atoms with van der Waals surface area (Å²) in [7, 11) is 0. The second kappa shape index (κ2) is 6.77. The predicted molar refractivity (Wildman–Crippen MR) is 75.0 cm³/mol. The third kappa shape index (κ3) is 5.33. The minimum atomic E-state index is 0.0485. The Morgan fingerprint density at radius 1 is 1.53 bits per heavy atom. The minimum absolute atomic E-state index is 0.0485. The van der Waals surface area contributed by atoms with Crippen molar-refractivity contribution in [2.24, 2.45) is 5.73 Å². The maximum atomic E-state index is 11.6. The highest BCUT2D eigenvalue weighted by Gasteiger charge is 2.04. The molecule has 1 aromatic carbocycles. The smallest absolute Gasteiger partial charge is 0.224 e. The molecule has 3 nitrogen and oxygen atoms in total. The summed E-state index contributed by atoms with van der Waals surface area (Å²) < 4.78 is 1.05. The Morgan fingerprint density at radius 2 is 2.24 bits per heavy atom. The zero-order chi connectivity index (χ0) is 12.8. The van der Waals surface area contributed by atoms with E-state index in [1.807, 2.05) is 32.0 Å². The van der Waals surface area contributed by atoms with Gasteiger partial charge in [0.1, 0.15) is 0 Å². The first-order valence-electron chi connectivity index (χ1n) is 5.80. The molecule has 1 amide bonds. The minimum Gasteiger partial charge on any atom is -0.328 e. The lowest BCUT2D eigenvalue weighted by molar-refractivity contribution is -0.116. The molecule has 1 unspecified atom stereocenters. The summed E-state index contributed by atoms with van der Waals surface area (Å²) in [5.74, 6) is 0.0485. The number of rotatable bonds is 5. The number of aryl methyl sites for hydroxylation is 1. The van der Waals surface area contributed by atoms with E-state index in [0.717, 1.165) is 28.6 Å². The second-order valence-corrected chi connectivity index (χ2v) is 5.24. The van der Waals surface area contributed by atoms with Gasteiger partial charge in [-0.3, -0.25) is 4.79 Å². The summed E-state index contributed by atoms with van der Waals surface area (Å²) >= 11 is 3.43. The van der Waals surface area contributed by atoms with E-state index in [0.29, 0.717) is 6.42 Å². The summed E-state index contributed by atoms with van der Waals surface area (Å²) in [6.07, 6.45) is 2.24. The van der Waals surface area contributed by atoms with Gasteiger partial charge in [-0.05, 0) is 50.5 Å². The van der Waals surface area contributed by atoms with Crippen molar-refractivity contribution in [1.82, 2.24) is 0 Å². The molecular formula is C13H19BrN2O. The summed E-state index contributed by atoms with van der Waals surface area (Å²) in [5, 5.41) is 2.88. The highest BCUT2D eigenvalue weighted by atomic mass is 79.9. The summed E-state index contributed by atoms with van der Waals surface area (Å²) in [6, 6.07) is 5.94. The Hall–Kier alpha value is -0.870. The number of amides is 1. The van der Waals surface area contributed by atoms with Crippen molar-refractivity contribution in [2.75, 3.05) is 5.32 Å². The van der Waals surface area contributed by atoms with Crippen LogP contribution in [-0.4, -0.2) is 11.9 Å². The molecule has 1 aromatic rings. The maximum absolute atomic E-state index is 11.6. The molecule has 0 aliphatic rings. The average molecular weight is 299 g/mol. The van der Waals surface area contributed by atoms with E-state index >= 15 is 0 Å². The van der Waals surface area contributed by atoms with Crippen LogP contribution in [0.1, 0.15) is 31.7 Å². The van der Waals surface area contributed by atoms with Gasteiger partial charge in [-0.2, -0.15) is 0 Å². The molecule has 0 fully saturated rings. The molecule has 0 saturated carbocycles. The number of hydrogen-bond acceptors (Lipinski definition) is 2. The number of anilines is 1. The fraction of sp³-hybridized carbons (Fsp3) is 0.462. The van der Waals surface area contributed by atoms with Crippen molar-refractivity contribution in [3.63, 3.8) is 0 Å². The van der Waals surface area contributed by atoms with Crippen LogP contribution in [0.3, 0.4) is 0 Å². The van der Waals surface area contributed by atoms with Crippen LogP contribution in [0.15, 0.2) is 22.7 Å². The van der Waals surface area contributed by atoms with E-state index in [1.54, 1.807) is 0 Å². The first-order chi connectivity index (χ1) is 7.99. The van der Waals surface area contributed by atoms with Crippen LogP contribution in [0, 0.1) is 6.92 Å². The molecule has 1 rings (SSSR count). The van der Waals surface area contributed by atoms with Gasteiger partial charge in [0, 0.05) is 22.6 Å². The van der Waals surface area contributed by atoms with Gasteiger partial charge >= 0.3 is 0 Å². The molecule has 0 radical (unpaired) electrons. The highest BCUT2D eigenvalue weighted by molar-refractivity contribution is 9.10. The topological polar surface area (TPSA) is 55.1 Å². The van der Waals surface area contributed by atoms with Gasteiger partial charge in [0.05, 0.1) is 0 Å². The molecule has 3 N–H and O–H groups in total. The standard InChI is InChI=1S/C13H19BrN2O/c1-9-8-11(6-7-12(9)14)16-13(17)5-3-4-10(2)15/h6-8,10H,3-5,15H2,1-2H3,(H,16,17). The summed E-state index contributed by atoms with van der Waals surface area (Å²) in [6.45, 7) is 3.95. The van der Waals surface area contributed by atoms with Crippen LogP contribution in [-0.2, 0) is 4.79 Å². The molecular weight excluding hydrogens is 280 g/mol. The monoisotopic (exact) mass is 298 g/mol. The fourth-order valence-corrected chi connectivity index (χ4v) is 1.78. The lowest BCUT2D eigenvalue weighted by Crippen LogP contribution is -2.16. The lowest BCUT2D eigenvalue weighted by Gasteiger charge is -2.08. The Morgan fingerprint density at radius 3 is 2.82 bits per heavy atom. The molecule has 1 atom stereocenters. The Bertz CT molecular complexity index is 391.